The van der Waals surface area contributed by atoms with E-state index in [-0.39, 0.29) is 6.10 Å². The quantitative estimate of drug-likeness (QED) is 0.872. The molecule has 0 bridgehead atoms. The van der Waals surface area contributed by atoms with Crippen LogP contribution in [0.25, 0.3) is 0 Å². The Bertz CT molecular complexity index is 391. The molecule has 17 heavy (non-hydrogen) atoms. The first-order chi connectivity index (χ1) is 7.96. The normalized spacial score (nSPS) is 29.1. The van der Waals surface area contributed by atoms with Crippen LogP contribution in [0.4, 0.5) is 0 Å². The summed E-state index contributed by atoms with van der Waals surface area (Å²) in [6, 6.07) is 5.83. The maximum atomic E-state index is 9.87. The molecule has 0 unspecified atom stereocenters. The first-order valence-electron chi connectivity index (χ1n) is 6.11. The molecule has 0 amide bonds. The monoisotopic (exact) mass is 254 g/mol. The third-order valence-electron chi connectivity index (χ3n) is 3.39. The van der Waals surface area contributed by atoms with Gasteiger partial charge in [0, 0.05) is 0 Å². The molecule has 0 aromatic heterocycles. The minimum Gasteiger partial charge on any atom is -0.489 e. The molecule has 0 heterocycles. The van der Waals surface area contributed by atoms with Crippen LogP contribution in [0.2, 0.25) is 5.02 Å². The van der Waals surface area contributed by atoms with Crippen LogP contribution in [-0.4, -0.2) is 16.8 Å². The highest BCUT2D eigenvalue weighted by Gasteiger charge is 2.29. The Morgan fingerprint density at radius 1 is 1.35 bits per heavy atom. The van der Waals surface area contributed by atoms with E-state index in [1.807, 2.05) is 32.0 Å². The van der Waals surface area contributed by atoms with Crippen molar-refractivity contribution < 1.29 is 9.84 Å². The van der Waals surface area contributed by atoms with Gasteiger partial charge >= 0.3 is 0 Å². The molecule has 94 valence electrons. The molecule has 2 nitrogen and oxygen atoms in total. The third-order valence-corrected chi connectivity index (χ3v) is 3.69. The van der Waals surface area contributed by atoms with E-state index in [2.05, 4.69) is 0 Å². The van der Waals surface area contributed by atoms with Crippen molar-refractivity contribution in [1.29, 1.82) is 0 Å². The average Bonchev–Trinajstić information content (AvgIpc) is 2.25. The predicted molar refractivity (Wildman–Crippen MR) is 69.7 cm³/mol. The summed E-state index contributed by atoms with van der Waals surface area (Å²) in [5, 5.41) is 10.5. The van der Waals surface area contributed by atoms with Gasteiger partial charge in [-0.05, 0) is 57.2 Å². The summed E-state index contributed by atoms with van der Waals surface area (Å²) < 4.78 is 5.89. The van der Waals surface area contributed by atoms with Crippen LogP contribution in [0, 0.1) is 6.92 Å². The van der Waals surface area contributed by atoms with E-state index in [4.69, 9.17) is 16.3 Å². The molecule has 1 aliphatic rings. The Morgan fingerprint density at radius 3 is 2.59 bits per heavy atom. The van der Waals surface area contributed by atoms with E-state index in [1.54, 1.807) is 0 Å². The SMILES string of the molecule is Cc1ccc(O[C@H]2CC[C@@](C)(O)CC2)c(Cl)c1. The minimum atomic E-state index is -0.517. The molecule has 1 N–H and O–H groups in total. The third kappa shape index (κ3) is 3.36. The van der Waals surface area contributed by atoms with Crippen molar-refractivity contribution in [1.82, 2.24) is 0 Å². The number of aliphatic hydroxyl groups is 1. The van der Waals surface area contributed by atoms with Gasteiger partial charge in [-0.1, -0.05) is 17.7 Å². The van der Waals surface area contributed by atoms with Gasteiger partial charge < -0.3 is 9.84 Å². The summed E-state index contributed by atoms with van der Waals surface area (Å²) >= 11 is 6.13. The Kier molecular flexibility index (Phi) is 3.64. The van der Waals surface area contributed by atoms with Gasteiger partial charge in [0.25, 0.3) is 0 Å². The zero-order valence-corrected chi connectivity index (χ0v) is 11.1. The molecule has 1 saturated carbocycles. The van der Waals surface area contributed by atoms with E-state index in [9.17, 15) is 5.11 Å². The van der Waals surface area contributed by atoms with E-state index >= 15 is 0 Å². The van der Waals surface area contributed by atoms with Crippen LogP contribution in [0.3, 0.4) is 0 Å². The average molecular weight is 255 g/mol. The topological polar surface area (TPSA) is 29.5 Å². The molecule has 0 spiro atoms. The van der Waals surface area contributed by atoms with Crippen LogP contribution < -0.4 is 4.74 Å². The molecular weight excluding hydrogens is 236 g/mol. The maximum absolute atomic E-state index is 9.87. The van der Waals surface area contributed by atoms with E-state index < -0.39 is 5.60 Å². The van der Waals surface area contributed by atoms with Crippen molar-refractivity contribution in [2.45, 2.75) is 51.2 Å². The van der Waals surface area contributed by atoms with Gasteiger partial charge in [-0.15, -0.1) is 0 Å². The fourth-order valence-electron chi connectivity index (χ4n) is 2.21. The molecule has 3 heteroatoms. The van der Waals surface area contributed by atoms with Crippen LogP contribution in [-0.2, 0) is 0 Å². The lowest BCUT2D eigenvalue weighted by molar-refractivity contribution is -0.0108. The van der Waals surface area contributed by atoms with E-state index in [0.717, 1.165) is 37.0 Å². The van der Waals surface area contributed by atoms with Gasteiger partial charge in [0.1, 0.15) is 5.75 Å². The number of hydrogen-bond acceptors (Lipinski definition) is 2. The lowest BCUT2D eigenvalue weighted by atomic mass is 9.85. The molecule has 1 aliphatic carbocycles. The second-order valence-electron chi connectivity index (χ2n) is 5.25. The molecule has 1 fully saturated rings. The molecule has 0 saturated heterocycles. The van der Waals surface area contributed by atoms with Crippen molar-refractivity contribution in [2.75, 3.05) is 0 Å². The Balaban J connectivity index is 1.98. The van der Waals surface area contributed by atoms with Gasteiger partial charge in [-0.3, -0.25) is 0 Å². The molecule has 2 rings (SSSR count). The molecule has 0 radical (unpaired) electrons. The highest BCUT2D eigenvalue weighted by Crippen LogP contribution is 2.33. The van der Waals surface area contributed by atoms with E-state index in [1.165, 1.54) is 0 Å². The second-order valence-corrected chi connectivity index (χ2v) is 5.66. The largest absolute Gasteiger partial charge is 0.489 e. The maximum Gasteiger partial charge on any atom is 0.138 e. The fourth-order valence-corrected chi connectivity index (χ4v) is 2.49. The minimum absolute atomic E-state index is 0.176. The Labute approximate surface area is 108 Å². The lowest BCUT2D eigenvalue weighted by Crippen LogP contribution is -2.34. The van der Waals surface area contributed by atoms with Crippen molar-refractivity contribution in [2.24, 2.45) is 0 Å². The van der Waals surface area contributed by atoms with Crippen LogP contribution in [0.15, 0.2) is 18.2 Å². The number of benzene rings is 1. The van der Waals surface area contributed by atoms with Crippen molar-refractivity contribution in [3.8, 4) is 5.75 Å². The summed E-state index contributed by atoms with van der Waals surface area (Å²) in [5.74, 6) is 0.754. The molecule has 1 aromatic carbocycles. The van der Waals surface area contributed by atoms with Crippen molar-refractivity contribution >= 4 is 11.6 Å². The second kappa shape index (κ2) is 4.87. The standard InChI is InChI=1S/C14H19ClO2/c1-10-3-4-13(12(15)9-10)17-11-5-7-14(2,16)8-6-11/h3-4,9,11,16H,5-8H2,1-2H3/t11-,14+. The van der Waals surface area contributed by atoms with Gasteiger partial charge in [-0.2, -0.15) is 0 Å². The van der Waals surface area contributed by atoms with Gasteiger partial charge in [0.2, 0.25) is 0 Å². The summed E-state index contributed by atoms with van der Waals surface area (Å²) in [5.41, 5.74) is 0.616. The van der Waals surface area contributed by atoms with Crippen molar-refractivity contribution in [3.05, 3.63) is 28.8 Å². The summed E-state index contributed by atoms with van der Waals surface area (Å²) in [4.78, 5) is 0. The highest BCUT2D eigenvalue weighted by atomic mass is 35.5. The number of halogens is 1. The highest BCUT2D eigenvalue weighted by molar-refractivity contribution is 6.32. The molecule has 0 aliphatic heterocycles. The number of ether oxygens (including phenoxy) is 1. The molecular formula is C14H19ClO2. The Hall–Kier alpha value is -0.730. The summed E-state index contributed by atoms with van der Waals surface area (Å²) in [6.07, 6.45) is 3.53. The molecule has 1 aromatic rings. The first kappa shape index (κ1) is 12.7. The fraction of sp³-hybridized carbons (Fsp3) is 0.571. The smallest absolute Gasteiger partial charge is 0.138 e. The van der Waals surface area contributed by atoms with Crippen LogP contribution >= 0.6 is 11.6 Å². The van der Waals surface area contributed by atoms with Gasteiger partial charge in [-0.25, -0.2) is 0 Å². The molecule has 0 atom stereocenters. The van der Waals surface area contributed by atoms with Gasteiger partial charge in [0.05, 0.1) is 16.7 Å². The summed E-state index contributed by atoms with van der Waals surface area (Å²) in [7, 11) is 0. The van der Waals surface area contributed by atoms with Crippen LogP contribution in [0.1, 0.15) is 38.2 Å². The number of aryl methyl sites for hydroxylation is 1. The number of rotatable bonds is 2. The predicted octanol–water partition coefficient (Wildman–Crippen LogP) is 3.72. The lowest BCUT2D eigenvalue weighted by Gasteiger charge is -2.33. The van der Waals surface area contributed by atoms with E-state index in [0.29, 0.717) is 5.02 Å². The van der Waals surface area contributed by atoms with Crippen LogP contribution in [0.5, 0.6) is 5.75 Å². The van der Waals surface area contributed by atoms with Gasteiger partial charge in [0.15, 0.2) is 0 Å². The Morgan fingerprint density at radius 2 is 2.00 bits per heavy atom. The zero-order valence-electron chi connectivity index (χ0n) is 10.4. The summed E-state index contributed by atoms with van der Waals surface area (Å²) in [6.45, 7) is 3.90. The zero-order chi connectivity index (χ0) is 12.5. The first-order valence-corrected chi connectivity index (χ1v) is 6.49. The van der Waals surface area contributed by atoms with Crippen molar-refractivity contribution in [3.63, 3.8) is 0 Å². The number of hydrogen-bond donors (Lipinski definition) is 1.